The Morgan fingerprint density at radius 1 is 1.29 bits per heavy atom. The van der Waals surface area contributed by atoms with Crippen LogP contribution in [0.15, 0.2) is 28.7 Å². The third-order valence-corrected chi connectivity index (χ3v) is 5.71. The van der Waals surface area contributed by atoms with Gasteiger partial charge in [0.25, 0.3) is 0 Å². The Kier molecular flexibility index (Phi) is 7.53. The van der Waals surface area contributed by atoms with Crippen molar-refractivity contribution in [3.05, 3.63) is 50.3 Å². The second kappa shape index (κ2) is 9.66. The molecule has 0 atom stereocenters. The molecule has 1 N–H and O–H groups in total. The predicted octanol–water partition coefficient (Wildman–Crippen LogP) is 4.86. The maximum atomic E-state index is 12.4. The third kappa shape index (κ3) is 5.08. The Balaban J connectivity index is 2.25. The van der Waals surface area contributed by atoms with E-state index in [9.17, 15) is 14.4 Å². The Morgan fingerprint density at radius 2 is 2.00 bits per heavy atom. The molecule has 0 radical (unpaired) electrons. The van der Waals surface area contributed by atoms with Crippen molar-refractivity contribution in [3.63, 3.8) is 0 Å². The molecule has 148 valence electrons. The summed E-state index contributed by atoms with van der Waals surface area (Å²) in [7, 11) is 1.57. The summed E-state index contributed by atoms with van der Waals surface area (Å²) in [6.45, 7) is 4.98. The number of carbonyl (C=O) groups is 3. The summed E-state index contributed by atoms with van der Waals surface area (Å²) < 4.78 is 11.0. The highest BCUT2D eigenvalue weighted by molar-refractivity contribution is 9.10. The fraction of sp³-hybridized carbons (Fsp3) is 0.250. The van der Waals surface area contributed by atoms with Crippen molar-refractivity contribution in [3.8, 4) is 5.75 Å². The summed E-state index contributed by atoms with van der Waals surface area (Å²) in [6, 6.07) is 5.40. The number of methoxy groups -OCH3 is 1. The van der Waals surface area contributed by atoms with Crippen LogP contribution >= 0.6 is 27.3 Å². The molecule has 0 spiro atoms. The number of esters is 1. The molecule has 0 fully saturated rings. The van der Waals surface area contributed by atoms with Crippen molar-refractivity contribution < 1.29 is 23.9 Å². The molecule has 1 amide bonds. The molecule has 0 aliphatic carbocycles. The average molecular weight is 466 g/mol. The largest absolute Gasteiger partial charge is 0.496 e. The summed E-state index contributed by atoms with van der Waals surface area (Å²) >= 11 is 4.46. The lowest BCUT2D eigenvalue weighted by Crippen LogP contribution is -2.12. The molecule has 28 heavy (non-hydrogen) atoms. The zero-order valence-electron chi connectivity index (χ0n) is 15.9. The highest BCUT2D eigenvalue weighted by Gasteiger charge is 2.24. The number of Topliss-reactive ketones (excluding diaryl/α,β-unsaturated/α-hetero) is 1. The lowest BCUT2D eigenvalue weighted by atomic mass is 10.1. The predicted molar refractivity (Wildman–Crippen MR) is 113 cm³/mol. The first-order valence-corrected chi connectivity index (χ1v) is 10.0. The molecule has 2 aromatic rings. The highest BCUT2D eigenvalue weighted by Crippen LogP contribution is 2.34. The van der Waals surface area contributed by atoms with Crippen LogP contribution in [0.5, 0.6) is 5.75 Å². The number of benzene rings is 1. The molecule has 0 bridgehead atoms. The van der Waals surface area contributed by atoms with E-state index in [-0.39, 0.29) is 18.0 Å². The molecule has 0 aliphatic heterocycles. The van der Waals surface area contributed by atoms with Gasteiger partial charge in [0.2, 0.25) is 5.91 Å². The van der Waals surface area contributed by atoms with Crippen molar-refractivity contribution in [2.75, 3.05) is 19.0 Å². The molecular weight excluding hydrogens is 446 g/mol. The van der Waals surface area contributed by atoms with Crippen LogP contribution in [-0.2, 0) is 9.53 Å². The maximum Gasteiger partial charge on any atom is 0.341 e. The monoisotopic (exact) mass is 465 g/mol. The summed E-state index contributed by atoms with van der Waals surface area (Å²) in [6.07, 6.45) is 2.99. The van der Waals surface area contributed by atoms with Gasteiger partial charge in [0, 0.05) is 6.08 Å². The van der Waals surface area contributed by atoms with Gasteiger partial charge >= 0.3 is 5.97 Å². The summed E-state index contributed by atoms with van der Waals surface area (Å²) in [5.74, 6) is -0.477. The van der Waals surface area contributed by atoms with Gasteiger partial charge in [-0.1, -0.05) is 6.07 Å². The first-order chi connectivity index (χ1) is 13.3. The average Bonchev–Trinajstić information content (AvgIpc) is 2.96. The van der Waals surface area contributed by atoms with E-state index in [2.05, 4.69) is 21.2 Å². The van der Waals surface area contributed by atoms with Crippen molar-refractivity contribution in [1.29, 1.82) is 0 Å². The van der Waals surface area contributed by atoms with E-state index in [1.165, 1.54) is 13.0 Å². The lowest BCUT2D eigenvalue weighted by molar-refractivity contribution is -0.111. The van der Waals surface area contributed by atoms with Crippen LogP contribution < -0.4 is 10.1 Å². The molecule has 2 rings (SSSR count). The van der Waals surface area contributed by atoms with Gasteiger partial charge in [-0.2, -0.15) is 0 Å². The van der Waals surface area contributed by atoms with Crippen molar-refractivity contribution in [2.24, 2.45) is 0 Å². The standard InChI is InChI=1S/C20H20BrNO5S/c1-5-27-20(25)17-11(2)18(12(3)23)28-19(17)22-16(24)9-7-13-6-8-15(26-4)14(21)10-13/h6-10H,5H2,1-4H3,(H,22,24). The summed E-state index contributed by atoms with van der Waals surface area (Å²) in [4.78, 5) is 36.8. The van der Waals surface area contributed by atoms with Crippen LogP contribution in [0, 0.1) is 6.92 Å². The Hall–Kier alpha value is -2.45. The minimum absolute atomic E-state index is 0.174. The van der Waals surface area contributed by atoms with Gasteiger partial charge in [-0.25, -0.2) is 4.79 Å². The molecule has 0 saturated heterocycles. The summed E-state index contributed by atoms with van der Waals surface area (Å²) in [5, 5.41) is 2.97. The molecule has 1 aromatic carbocycles. The number of hydrogen-bond acceptors (Lipinski definition) is 6. The minimum Gasteiger partial charge on any atom is -0.496 e. The van der Waals surface area contributed by atoms with Crippen molar-refractivity contribution in [1.82, 2.24) is 0 Å². The number of hydrogen-bond donors (Lipinski definition) is 1. The van der Waals surface area contributed by atoms with Gasteiger partial charge in [-0.3, -0.25) is 9.59 Å². The smallest absolute Gasteiger partial charge is 0.341 e. The fourth-order valence-corrected chi connectivity index (χ4v) is 4.15. The quantitative estimate of drug-likeness (QED) is 0.358. The van der Waals surface area contributed by atoms with Gasteiger partial charge in [-0.15, -0.1) is 11.3 Å². The minimum atomic E-state index is -0.567. The number of ether oxygens (including phenoxy) is 2. The molecule has 0 saturated carbocycles. The molecule has 8 heteroatoms. The Labute approximate surface area is 175 Å². The van der Waals surface area contributed by atoms with Crippen LogP contribution in [0.3, 0.4) is 0 Å². The zero-order valence-corrected chi connectivity index (χ0v) is 18.3. The molecule has 0 aliphatic rings. The number of nitrogens with one attached hydrogen (secondary N) is 1. The number of halogens is 1. The summed E-state index contributed by atoms with van der Waals surface area (Å²) in [5.41, 5.74) is 1.51. The van der Waals surface area contributed by atoms with E-state index < -0.39 is 11.9 Å². The maximum absolute atomic E-state index is 12.4. The number of thiophene rings is 1. The molecule has 6 nitrogen and oxygen atoms in total. The third-order valence-electron chi connectivity index (χ3n) is 3.79. The second-order valence-corrected chi connectivity index (χ2v) is 7.63. The highest BCUT2D eigenvalue weighted by atomic mass is 79.9. The van der Waals surface area contributed by atoms with E-state index in [4.69, 9.17) is 9.47 Å². The van der Waals surface area contributed by atoms with Gasteiger partial charge in [0.05, 0.1) is 28.6 Å². The van der Waals surface area contributed by atoms with E-state index in [1.54, 1.807) is 39.2 Å². The fourth-order valence-electron chi connectivity index (χ4n) is 2.50. The van der Waals surface area contributed by atoms with Crippen LogP contribution in [0.2, 0.25) is 0 Å². The first-order valence-electron chi connectivity index (χ1n) is 8.42. The van der Waals surface area contributed by atoms with E-state index in [1.807, 2.05) is 6.07 Å². The number of ketones is 1. The van der Waals surface area contributed by atoms with Crippen LogP contribution in [0.1, 0.15) is 45.0 Å². The van der Waals surface area contributed by atoms with Crippen LogP contribution in [0.4, 0.5) is 5.00 Å². The van der Waals surface area contributed by atoms with Crippen LogP contribution in [0.25, 0.3) is 6.08 Å². The molecule has 1 aromatic heterocycles. The van der Waals surface area contributed by atoms with E-state index in [0.29, 0.717) is 21.2 Å². The Morgan fingerprint density at radius 3 is 2.57 bits per heavy atom. The van der Waals surface area contributed by atoms with Crippen molar-refractivity contribution >= 4 is 56.0 Å². The topological polar surface area (TPSA) is 81.7 Å². The van der Waals surface area contributed by atoms with Crippen LogP contribution in [-0.4, -0.2) is 31.4 Å². The number of rotatable bonds is 7. The normalized spacial score (nSPS) is 10.8. The van der Waals surface area contributed by atoms with Gasteiger partial charge in [0.15, 0.2) is 5.78 Å². The molecule has 0 unspecified atom stereocenters. The Bertz CT molecular complexity index is 948. The van der Waals surface area contributed by atoms with Gasteiger partial charge < -0.3 is 14.8 Å². The first kappa shape index (κ1) is 21.8. The number of anilines is 1. The zero-order chi connectivity index (χ0) is 20.8. The van der Waals surface area contributed by atoms with Crippen molar-refractivity contribution in [2.45, 2.75) is 20.8 Å². The molecular formula is C20H20BrNO5S. The van der Waals surface area contributed by atoms with E-state index in [0.717, 1.165) is 21.4 Å². The second-order valence-electron chi connectivity index (χ2n) is 5.75. The number of amides is 1. The van der Waals surface area contributed by atoms with Gasteiger partial charge in [-0.05, 0) is 66.0 Å². The molecule has 1 heterocycles. The SMILES string of the molecule is CCOC(=O)c1c(NC(=O)C=Cc2ccc(OC)c(Br)c2)sc(C(C)=O)c1C. The lowest BCUT2D eigenvalue weighted by Gasteiger charge is -2.06. The number of carbonyl (C=O) groups excluding carboxylic acids is 3. The van der Waals surface area contributed by atoms with E-state index >= 15 is 0 Å². The van der Waals surface area contributed by atoms with Gasteiger partial charge in [0.1, 0.15) is 10.8 Å².